The molecule has 49 heavy (non-hydrogen) atoms. The summed E-state index contributed by atoms with van der Waals surface area (Å²) in [5.41, 5.74) is 3.84. The van der Waals surface area contributed by atoms with Crippen LogP contribution in [0.1, 0.15) is 95.0 Å². The fraction of sp³-hybridized carbons (Fsp3) is 0.314. The van der Waals surface area contributed by atoms with Crippen LogP contribution in [0, 0.1) is 0 Å². The summed E-state index contributed by atoms with van der Waals surface area (Å²) in [6, 6.07) is 15.0. The van der Waals surface area contributed by atoms with Gasteiger partial charge in [-0.15, -0.1) is 0 Å². The molecule has 0 spiro atoms. The van der Waals surface area contributed by atoms with Gasteiger partial charge in [-0.1, -0.05) is 30.3 Å². The van der Waals surface area contributed by atoms with Crippen molar-refractivity contribution in [3.8, 4) is 22.8 Å². The smallest absolute Gasteiger partial charge is 0.271 e. The van der Waals surface area contributed by atoms with Gasteiger partial charge in [0.05, 0.1) is 18.1 Å². The number of hydrogen-bond donors (Lipinski definition) is 5. The number of benzene rings is 1. The van der Waals surface area contributed by atoms with Crippen molar-refractivity contribution in [2.45, 2.75) is 52.4 Å². The lowest BCUT2D eigenvalue weighted by Crippen LogP contribution is -2.30. The van der Waals surface area contributed by atoms with Gasteiger partial charge < -0.3 is 35.4 Å². The second kappa shape index (κ2) is 15.8. The Morgan fingerprint density at radius 2 is 1.47 bits per heavy atom. The molecule has 0 saturated heterocycles. The number of aromatic nitrogens is 6. The van der Waals surface area contributed by atoms with Crippen LogP contribution in [-0.4, -0.2) is 67.8 Å². The molecule has 2 unspecified atom stereocenters. The lowest BCUT2D eigenvalue weighted by Gasteiger charge is -2.15. The minimum Gasteiger partial charge on any atom is -0.484 e. The molecule has 14 heteroatoms. The van der Waals surface area contributed by atoms with Gasteiger partial charge in [0.2, 0.25) is 0 Å². The monoisotopic (exact) mass is 667 g/mol. The van der Waals surface area contributed by atoms with Crippen LogP contribution in [0.3, 0.4) is 0 Å². The van der Waals surface area contributed by atoms with Gasteiger partial charge in [0.25, 0.3) is 17.7 Å². The number of rotatable bonds is 15. The number of H-pyrrole nitrogens is 2. The van der Waals surface area contributed by atoms with E-state index in [1.54, 1.807) is 31.6 Å². The Morgan fingerprint density at radius 1 is 0.796 bits per heavy atom. The van der Waals surface area contributed by atoms with E-state index in [-0.39, 0.29) is 54.0 Å². The average Bonchev–Trinajstić information content (AvgIpc) is 3.87. The van der Waals surface area contributed by atoms with Gasteiger partial charge in [-0.05, 0) is 45.7 Å². The molecule has 4 aromatic heterocycles. The zero-order chi connectivity index (χ0) is 34.9. The third-order valence-corrected chi connectivity index (χ3v) is 7.81. The van der Waals surface area contributed by atoms with Gasteiger partial charge >= 0.3 is 0 Å². The second-order valence-corrected chi connectivity index (χ2v) is 11.7. The highest BCUT2D eigenvalue weighted by atomic mass is 16.5. The third kappa shape index (κ3) is 8.52. The van der Waals surface area contributed by atoms with Crippen LogP contribution in [0.25, 0.3) is 11.3 Å². The fourth-order valence-corrected chi connectivity index (χ4v) is 5.02. The van der Waals surface area contributed by atoms with Crippen LogP contribution in [-0.2, 0) is 0 Å². The minimum atomic E-state index is -0.449. The number of amides is 3. The normalized spacial score (nSPS) is 12.3. The van der Waals surface area contributed by atoms with Crippen molar-refractivity contribution in [1.82, 2.24) is 45.9 Å². The molecule has 0 bridgehead atoms. The maximum atomic E-state index is 13.4. The first-order valence-electron chi connectivity index (χ1n) is 16.1. The van der Waals surface area contributed by atoms with Crippen molar-refractivity contribution >= 4 is 17.7 Å². The summed E-state index contributed by atoms with van der Waals surface area (Å²) in [6.45, 7) is 8.36. The maximum absolute atomic E-state index is 13.4. The van der Waals surface area contributed by atoms with E-state index in [0.717, 1.165) is 16.7 Å². The molecule has 2 atom stereocenters. The van der Waals surface area contributed by atoms with Gasteiger partial charge in [0.15, 0.2) is 11.5 Å². The molecular weight excluding hydrogens is 626 g/mol. The number of hydrogen-bond acceptors (Lipinski definition) is 8. The molecule has 1 aromatic carbocycles. The van der Waals surface area contributed by atoms with E-state index >= 15 is 0 Å². The number of nitrogens with one attached hydrogen (secondary N) is 5. The van der Waals surface area contributed by atoms with Crippen LogP contribution in [0.5, 0.6) is 11.5 Å². The molecule has 0 saturated carbocycles. The molecular formula is C35H41N9O5. The van der Waals surface area contributed by atoms with Gasteiger partial charge in [0, 0.05) is 61.8 Å². The van der Waals surface area contributed by atoms with Gasteiger partial charge in [-0.2, -0.15) is 15.3 Å². The molecule has 0 aliphatic carbocycles. The average molecular weight is 668 g/mol. The Morgan fingerprint density at radius 3 is 2.12 bits per heavy atom. The summed E-state index contributed by atoms with van der Waals surface area (Å²) in [4.78, 5) is 44.9. The van der Waals surface area contributed by atoms with Crippen molar-refractivity contribution < 1.29 is 23.9 Å². The molecule has 5 N–H and O–H groups in total. The van der Waals surface area contributed by atoms with Crippen LogP contribution in [0.15, 0.2) is 73.3 Å². The van der Waals surface area contributed by atoms with Crippen molar-refractivity contribution in [2.24, 2.45) is 0 Å². The van der Waals surface area contributed by atoms with Crippen LogP contribution in [0.4, 0.5) is 0 Å². The molecule has 3 amide bonds. The van der Waals surface area contributed by atoms with Crippen LogP contribution in [0.2, 0.25) is 0 Å². The maximum Gasteiger partial charge on any atom is 0.271 e. The number of carbonyl (C=O) groups is 3. The summed E-state index contributed by atoms with van der Waals surface area (Å²) in [6.07, 6.45) is 6.48. The lowest BCUT2D eigenvalue weighted by atomic mass is 10.1. The van der Waals surface area contributed by atoms with Crippen molar-refractivity contribution in [1.29, 1.82) is 0 Å². The molecule has 4 heterocycles. The molecule has 256 valence electrons. The number of carbonyl (C=O) groups excluding carboxylic acids is 3. The Labute approximate surface area is 284 Å². The number of aromatic amines is 2. The first kappa shape index (κ1) is 34.4. The molecule has 5 aromatic rings. The molecule has 0 aliphatic heterocycles. The highest BCUT2D eigenvalue weighted by Gasteiger charge is 2.23. The van der Waals surface area contributed by atoms with Gasteiger partial charge in [0.1, 0.15) is 29.3 Å². The lowest BCUT2D eigenvalue weighted by molar-refractivity contribution is 0.0937. The van der Waals surface area contributed by atoms with E-state index in [4.69, 9.17) is 9.47 Å². The summed E-state index contributed by atoms with van der Waals surface area (Å²) in [5.74, 6) is -0.558. The molecule has 0 radical (unpaired) electrons. The standard InChI is InChI=1S/C35H41N9O5/c1-21(2)44-20-26(19-41-44)27-16-29(48-22(3)24-10-7-6-8-11-24)32(42-27)35(47)38-14-9-13-37-33(45)28-17-30(31(43-28)34(46)36-5)49-23(4)25-12-15-39-40-18-25/h6-8,10-12,15-23,42-43H,9,13-14H2,1-5H3,(H,36,46)(H,37,45)(H,38,47). The zero-order valence-electron chi connectivity index (χ0n) is 28.1. The minimum absolute atomic E-state index is 0.121. The third-order valence-electron chi connectivity index (χ3n) is 7.81. The topological polar surface area (TPSA) is 181 Å². The van der Waals surface area contributed by atoms with E-state index < -0.39 is 17.9 Å². The van der Waals surface area contributed by atoms with E-state index in [1.807, 2.05) is 68.0 Å². The Balaban J connectivity index is 1.20. The largest absolute Gasteiger partial charge is 0.484 e. The van der Waals surface area contributed by atoms with E-state index in [0.29, 0.717) is 17.9 Å². The van der Waals surface area contributed by atoms with E-state index in [1.165, 1.54) is 13.1 Å². The summed E-state index contributed by atoms with van der Waals surface area (Å²) in [5, 5.41) is 20.3. The Hall–Kier alpha value is -5.92. The summed E-state index contributed by atoms with van der Waals surface area (Å²) in [7, 11) is 1.49. The van der Waals surface area contributed by atoms with E-state index in [9.17, 15) is 14.4 Å². The van der Waals surface area contributed by atoms with Crippen LogP contribution >= 0.6 is 0 Å². The molecule has 5 rings (SSSR count). The van der Waals surface area contributed by atoms with Gasteiger partial charge in [-0.25, -0.2) is 0 Å². The quantitative estimate of drug-likeness (QED) is 0.0991. The summed E-state index contributed by atoms with van der Waals surface area (Å²) >= 11 is 0. The van der Waals surface area contributed by atoms with Crippen molar-refractivity contribution in [3.05, 3.63) is 102 Å². The van der Waals surface area contributed by atoms with E-state index in [2.05, 4.69) is 41.2 Å². The first-order valence-corrected chi connectivity index (χ1v) is 16.1. The zero-order valence-corrected chi connectivity index (χ0v) is 28.1. The molecule has 14 nitrogen and oxygen atoms in total. The predicted molar refractivity (Wildman–Crippen MR) is 182 cm³/mol. The second-order valence-electron chi connectivity index (χ2n) is 11.7. The Bertz CT molecular complexity index is 1860. The number of ether oxygens (including phenoxy) is 2. The number of nitrogens with zero attached hydrogens (tertiary/aromatic N) is 4. The molecule has 0 aliphatic rings. The highest BCUT2D eigenvalue weighted by molar-refractivity contribution is 6.00. The first-order chi connectivity index (χ1) is 23.6. The molecule has 0 fully saturated rings. The highest BCUT2D eigenvalue weighted by Crippen LogP contribution is 2.31. The van der Waals surface area contributed by atoms with Gasteiger partial charge in [-0.3, -0.25) is 19.1 Å². The van der Waals surface area contributed by atoms with Crippen molar-refractivity contribution in [2.75, 3.05) is 20.1 Å². The van der Waals surface area contributed by atoms with Crippen molar-refractivity contribution in [3.63, 3.8) is 0 Å². The summed E-state index contributed by atoms with van der Waals surface area (Å²) < 4.78 is 14.1. The SMILES string of the molecule is CNC(=O)c1[nH]c(C(=O)NCCCNC(=O)c2[nH]c(-c3cnn(C(C)C)c3)cc2OC(C)c2ccccc2)cc1OC(C)c1ccnnc1. The Kier molecular flexibility index (Phi) is 11.1. The fourth-order valence-electron chi connectivity index (χ4n) is 5.02. The predicted octanol–water partition coefficient (Wildman–Crippen LogP) is 4.77. The van der Waals surface area contributed by atoms with Crippen LogP contribution < -0.4 is 25.4 Å².